The molecular formula is C11H22N2O2S. The van der Waals surface area contributed by atoms with Crippen molar-refractivity contribution < 1.29 is 8.42 Å². The third-order valence-corrected chi connectivity index (χ3v) is 5.65. The number of sulfonamides is 1. The normalized spacial score (nSPS) is 24.8. The molecule has 2 rings (SSSR count). The van der Waals surface area contributed by atoms with E-state index in [0.29, 0.717) is 17.6 Å². The first-order valence-electron chi connectivity index (χ1n) is 6.24. The summed E-state index contributed by atoms with van der Waals surface area (Å²) in [6.45, 7) is 2.46. The van der Waals surface area contributed by atoms with Crippen LogP contribution in [0.3, 0.4) is 0 Å². The van der Waals surface area contributed by atoms with Gasteiger partial charge in [-0.15, -0.1) is 0 Å². The van der Waals surface area contributed by atoms with Gasteiger partial charge in [0, 0.05) is 13.1 Å². The number of nitrogens with one attached hydrogen (secondary N) is 1. The van der Waals surface area contributed by atoms with Crippen LogP contribution in [0.4, 0.5) is 0 Å². The lowest BCUT2D eigenvalue weighted by atomic mass is 9.98. The minimum Gasteiger partial charge on any atom is -0.319 e. The molecule has 4 nitrogen and oxygen atoms in total. The number of rotatable bonds is 5. The first kappa shape index (κ1) is 12.3. The molecule has 1 saturated carbocycles. The highest BCUT2D eigenvalue weighted by Crippen LogP contribution is 2.32. The van der Waals surface area contributed by atoms with Gasteiger partial charge in [0.1, 0.15) is 0 Å². The predicted octanol–water partition coefficient (Wildman–Crippen LogP) is 0.658. The van der Waals surface area contributed by atoms with Crippen molar-refractivity contribution in [3.63, 3.8) is 0 Å². The lowest BCUT2D eigenvalue weighted by Crippen LogP contribution is -2.41. The molecular weight excluding hydrogens is 224 g/mol. The van der Waals surface area contributed by atoms with Crippen LogP contribution in [0.15, 0.2) is 0 Å². The Labute approximate surface area is 98.4 Å². The van der Waals surface area contributed by atoms with Gasteiger partial charge in [0.2, 0.25) is 10.0 Å². The summed E-state index contributed by atoms with van der Waals surface area (Å²) >= 11 is 0. The lowest BCUT2D eigenvalue weighted by Gasteiger charge is -2.31. The van der Waals surface area contributed by atoms with Crippen molar-refractivity contribution in [3.05, 3.63) is 0 Å². The summed E-state index contributed by atoms with van der Waals surface area (Å²) in [7, 11) is -0.991. The van der Waals surface area contributed by atoms with Crippen LogP contribution >= 0.6 is 0 Å². The Morgan fingerprint density at radius 1 is 1.12 bits per heavy atom. The zero-order valence-corrected chi connectivity index (χ0v) is 10.8. The van der Waals surface area contributed by atoms with Gasteiger partial charge in [-0.1, -0.05) is 0 Å². The zero-order valence-electron chi connectivity index (χ0n) is 9.98. The van der Waals surface area contributed by atoms with E-state index < -0.39 is 10.0 Å². The molecule has 1 aliphatic carbocycles. The number of hydrogen-bond donors (Lipinski definition) is 1. The molecule has 0 radical (unpaired) electrons. The van der Waals surface area contributed by atoms with Gasteiger partial charge in [-0.05, 0) is 51.1 Å². The molecule has 1 heterocycles. The van der Waals surface area contributed by atoms with E-state index in [-0.39, 0.29) is 0 Å². The standard InChI is InChI=1S/C11H22N2O2S/c1-12-8-10-4-6-13(7-5-10)16(14,15)9-11-2-3-11/h10-12H,2-9H2,1H3. The molecule has 0 spiro atoms. The van der Waals surface area contributed by atoms with Crippen LogP contribution in [0.5, 0.6) is 0 Å². The summed E-state index contributed by atoms with van der Waals surface area (Å²) in [5, 5.41) is 3.17. The first-order chi connectivity index (χ1) is 7.62. The Hall–Kier alpha value is -0.130. The maximum Gasteiger partial charge on any atom is 0.214 e. The average molecular weight is 246 g/mol. The fourth-order valence-corrected chi connectivity index (χ4v) is 4.28. The third kappa shape index (κ3) is 3.18. The van der Waals surface area contributed by atoms with Crippen LogP contribution < -0.4 is 5.32 Å². The summed E-state index contributed by atoms with van der Waals surface area (Å²) in [5.41, 5.74) is 0. The topological polar surface area (TPSA) is 49.4 Å². The molecule has 0 amide bonds. The Bertz CT molecular complexity index is 317. The fourth-order valence-electron chi connectivity index (χ4n) is 2.37. The third-order valence-electron chi connectivity index (χ3n) is 3.60. The van der Waals surface area contributed by atoms with Crippen LogP contribution in [0.2, 0.25) is 0 Å². The molecule has 0 aromatic carbocycles. The highest BCUT2D eigenvalue weighted by atomic mass is 32.2. The van der Waals surface area contributed by atoms with Gasteiger partial charge in [-0.3, -0.25) is 0 Å². The molecule has 16 heavy (non-hydrogen) atoms. The monoisotopic (exact) mass is 246 g/mol. The zero-order chi connectivity index (χ0) is 11.6. The SMILES string of the molecule is CNCC1CCN(S(=O)(=O)CC2CC2)CC1. The van der Waals surface area contributed by atoms with E-state index in [1.807, 2.05) is 7.05 Å². The summed E-state index contributed by atoms with van der Waals surface area (Å²) in [4.78, 5) is 0. The van der Waals surface area contributed by atoms with E-state index in [1.54, 1.807) is 4.31 Å². The summed E-state index contributed by atoms with van der Waals surface area (Å²) < 4.78 is 25.7. The van der Waals surface area contributed by atoms with E-state index in [1.165, 1.54) is 0 Å². The maximum atomic E-state index is 12.0. The second-order valence-corrected chi connectivity index (χ2v) is 7.14. The van der Waals surface area contributed by atoms with E-state index >= 15 is 0 Å². The molecule has 1 aliphatic heterocycles. The predicted molar refractivity (Wildman–Crippen MR) is 64.7 cm³/mol. The molecule has 5 heteroatoms. The average Bonchev–Trinajstić information content (AvgIpc) is 3.02. The van der Waals surface area contributed by atoms with Crippen LogP contribution in [-0.2, 0) is 10.0 Å². The minimum atomic E-state index is -2.95. The van der Waals surface area contributed by atoms with Crippen LogP contribution in [0.1, 0.15) is 25.7 Å². The maximum absolute atomic E-state index is 12.0. The van der Waals surface area contributed by atoms with Gasteiger partial charge < -0.3 is 5.32 Å². The Kier molecular flexibility index (Phi) is 3.87. The van der Waals surface area contributed by atoms with E-state index in [2.05, 4.69) is 5.32 Å². The number of hydrogen-bond acceptors (Lipinski definition) is 3. The van der Waals surface area contributed by atoms with Crippen molar-refractivity contribution in [2.45, 2.75) is 25.7 Å². The van der Waals surface area contributed by atoms with Gasteiger partial charge in [0.15, 0.2) is 0 Å². The van der Waals surface area contributed by atoms with Crippen molar-refractivity contribution in [2.24, 2.45) is 11.8 Å². The molecule has 0 aromatic heterocycles. The Morgan fingerprint density at radius 2 is 1.75 bits per heavy atom. The van der Waals surface area contributed by atoms with Crippen molar-refractivity contribution in [2.75, 3.05) is 32.4 Å². The van der Waals surface area contributed by atoms with Crippen molar-refractivity contribution in [1.82, 2.24) is 9.62 Å². The largest absolute Gasteiger partial charge is 0.319 e. The van der Waals surface area contributed by atoms with Crippen LogP contribution in [0.25, 0.3) is 0 Å². The quantitative estimate of drug-likeness (QED) is 0.775. The van der Waals surface area contributed by atoms with Gasteiger partial charge >= 0.3 is 0 Å². The van der Waals surface area contributed by atoms with Crippen molar-refractivity contribution in [3.8, 4) is 0 Å². The van der Waals surface area contributed by atoms with Gasteiger partial charge in [-0.2, -0.15) is 0 Å². The number of piperidine rings is 1. The summed E-state index contributed by atoms with van der Waals surface area (Å²) in [6, 6.07) is 0. The van der Waals surface area contributed by atoms with Crippen LogP contribution in [0, 0.1) is 11.8 Å². The second-order valence-electron chi connectivity index (χ2n) is 5.12. The summed E-state index contributed by atoms with van der Waals surface area (Å²) in [5.74, 6) is 1.50. The molecule has 1 saturated heterocycles. The fraction of sp³-hybridized carbons (Fsp3) is 1.00. The highest BCUT2D eigenvalue weighted by molar-refractivity contribution is 7.89. The second kappa shape index (κ2) is 5.02. The van der Waals surface area contributed by atoms with E-state index in [4.69, 9.17) is 0 Å². The van der Waals surface area contributed by atoms with E-state index in [9.17, 15) is 8.42 Å². The Balaban J connectivity index is 1.82. The smallest absolute Gasteiger partial charge is 0.214 e. The Morgan fingerprint density at radius 3 is 2.25 bits per heavy atom. The van der Waals surface area contributed by atoms with Crippen molar-refractivity contribution in [1.29, 1.82) is 0 Å². The van der Waals surface area contributed by atoms with E-state index in [0.717, 1.165) is 45.3 Å². The first-order valence-corrected chi connectivity index (χ1v) is 7.85. The molecule has 2 fully saturated rings. The minimum absolute atomic E-state index is 0.393. The summed E-state index contributed by atoms with van der Waals surface area (Å²) in [6.07, 6.45) is 4.22. The molecule has 0 unspecified atom stereocenters. The highest BCUT2D eigenvalue weighted by Gasteiger charge is 2.33. The molecule has 0 atom stereocenters. The molecule has 0 bridgehead atoms. The molecule has 2 aliphatic rings. The molecule has 1 N–H and O–H groups in total. The van der Waals surface area contributed by atoms with Crippen molar-refractivity contribution >= 4 is 10.0 Å². The molecule has 94 valence electrons. The number of nitrogens with zero attached hydrogens (tertiary/aromatic N) is 1. The van der Waals surface area contributed by atoms with Gasteiger partial charge in [-0.25, -0.2) is 12.7 Å². The van der Waals surface area contributed by atoms with Gasteiger partial charge in [0.05, 0.1) is 5.75 Å². The van der Waals surface area contributed by atoms with Gasteiger partial charge in [0.25, 0.3) is 0 Å². The molecule has 0 aromatic rings. The lowest BCUT2D eigenvalue weighted by molar-refractivity contribution is 0.270. The van der Waals surface area contributed by atoms with Crippen LogP contribution in [-0.4, -0.2) is 45.2 Å².